The van der Waals surface area contributed by atoms with Gasteiger partial charge >= 0.3 is 0 Å². The molecule has 0 saturated carbocycles. The molecule has 0 heterocycles. The first kappa shape index (κ1) is 13.5. The van der Waals surface area contributed by atoms with Gasteiger partial charge in [-0.2, -0.15) is 0 Å². The molecule has 2 nitrogen and oxygen atoms in total. The highest BCUT2D eigenvalue weighted by atomic mass is 127. The molecule has 18 heavy (non-hydrogen) atoms. The zero-order chi connectivity index (χ0) is 12.8. The van der Waals surface area contributed by atoms with E-state index < -0.39 is 6.10 Å². The second kappa shape index (κ2) is 6.87. The molecule has 2 aromatic carbocycles. The Hall–Kier alpha value is -0.910. The van der Waals surface area contributed by atoms with Gasteiger partial charge in [-0.25, -0.2) is 0 Å². The van der Waals surface area contributed by atoms with Crippen molar-refractivity contribution >= 4 is 22.6 Å². The summed E-state index contributed by atoms with van der Waals surface area (Å²) in [4.78, 5) is 0. The molecule has 0 aliphatic heterocycles. The van der Waals surface area contributed by atoms with Crippen LogP contribution in [0.4, 0.5) is 0 Å². The highest BCUT2D eigenvalue weighted by Gasteiger charge is 2.06. The van der Waals surface area contributed by atoms with E-state index in [1.54, 1.807) is 0 Å². The molecular formula is C15H16INO. The number of rotatable bonds is 5. The van der Waals surface area contributed by atoms with Crippen LogP contribution in [0.2, 0.25) is 0 Å². The first-order valence-electron chi connectivity index (χ1n) is 5.94. The lowest BCUT2D eigenvalue weighted by atomic mass is 10.1. The van der Waals surface area contributed by atoms with E-state index in [0.717, 1.165) is 12.1 Å². The minimum atomic E-state index is -0.451. The molecule has 0 fully saturated rings. The largest absolute Gasteiger partial charge is 0.387 e. The normalized spacial score (nSPS) is 12.3. The van der Waals surface area contributed by atoms with E-state index in [4.69, 9.17) is 0 Å². The van der Waals surface area contributed by atoms with Crippen molar-refractivity contribution in [2.24, 2.45) is 0 Å². The van der Waals surface area contributed by atoms with Gasteiger partial charge in [0.25, 0.3) is 0 Å². The lowest BCUT2D eigenvalue weighted by molar-refractivity contribution is 0.174. The van der Waals surface area contributed by atoms with Gasteiger partial charge in [-0.3, -0.25) is 0 Å². The molecule has 0 aliphatic carbocycles. The Morgan fingerprint density at radius 3 is 2.39 bits per heavy atom. The van der Waals surface area contributed by atoms with Crippen LogP contribution < -0.4 is 5.32 Å². The molecule has 0 aromatic heterocycles. The van der Waals surface area contributed by atoms with E-state index >= 15 is 0 Å². The maximum atomic E-state index is 10.0. The van der Waals surface area contributed by atoms with Gasteiger partial charge in [-0.05, 0) is 39.8 Å². The molecule has 2 N–H and O–H groups in total. The quantitative estimate of drug-likeness (QED) is 0.810. The Labute approximate surface area is 121 Å². The van der Waals surface area contributed by atoms with E-state index in [2.05, 4.69) is 40.0 Å². The van der Waals surface area contributed by atoms with Crippen molar-refractivity contribution in [3.63, 3.8) is 0 Å². The van der Waals surface area contributed by atoms with Gasteiger partial charge in [0.1, 0.15) is 0 Å². The minimum Gasteiger partial charge on any atom is -0.387 e. The van der Waals surface area contributed by atoms with Gasteiger partial charge in [-0.1, -0.05) is 48.5 Å². The van der Waals surface area contributed by atoms with Crippen molar-refractivity contribution < 1.29 is 5.11 Å². The van der Waals surface area contributed by atoms with Crippen molar-refractivity contribution in [1.82, 2.24) is 5.32 Å². The van der Waals surface area contributed by atoms with Gasteiger partial charge in [0.05, 0.1) is 6.10 Å². The molecule has 1 atom stereocenters. The number of benzene rings is 2. The molecule has 94 valence electrons. The van der Waals surface area contributed by atoms with Crippen LogP contribution >= 0.6 is 22.6 Å². The third-order valence-electron chi connectivity index (χ3n) is 2.80. The first-order valence-corrected chi connectivity index (χ1v) is 7.02. The predicted molar refractivity (Wildman–Crippen MR) is 82.3 cm³/mol. The number of aliphatic hydroxyl groups is 1. The monoisotopic (exact) mass is 353 g/mol. The van der Waals surface area contributed by atoms with Gasteiger partial charge in [-0.15, -0.1) is 0 Å². The average molecular weight is 353 g/mol. The van der Waals surface area contributed by atoms with Crippen LogP contribution in [0.1, 0.15) is 17.2 Å². The lowest BCUT2D eigenvalue weighted by Gasteiger charge is -2.12. The molecule has 2 aromatic rings. The summed E-state index contributed by atoms with van der Waals surface area (Å²) in [5.74, 6) is 0. The van der Waals surface area contributed by atoms with Crippen molar-refractivity contribution in [2.75, 3.05) is 6.54 Å². The highest BCUT2D eigenvalue weighted by molar-refractivity contribution is 14.1. The van der Waals surface area contributed by atoms with E-state index in [1.165, 1.54) is 9.13 Å². The van der Waals surface area contributed by atoms with Crippen LogP contribution in [0.3, 0.4) is 0 Å². The molecule has 0 spiro atoms. The Morgan fingerprint density at radius 2 is 1.67 bits per heavy atom. The number of hydrogen-bond donors (Lipinski definition) is 2. The molecule has 0 saturated heterocycles. The van der Waals surface area contributed by atoms with Crippen molar-refractivity contribution in [2.45, 2.75) is 12.6 Å². The fourth-order valence-corrected chi connectivity index (χ4v) is 2.36. The number of nitrogens with one attached hydrogen (secondary N) is 1. The van der Waals surface area contributed by atoms with Crippen molar-refractivity contribution in [3.05, 3.63) is 69.3 Å². The van der Waals surface area contributed by atoms with E-state index in [9.17, 15) is 5.11 Å². The van der Waals surface area contributed by atoms with Gasteiger partial charge < -0.3 is 10.4 Å². The second-order valence-corrected chi connectivity index (χ2v) is 5.31. The van der Waals surface area contributed by atoms with Crippen LogP contribution in [0.15, 0.2) is 54.6 Å². The summed E-state index contributed by atoms with van der Waals surface area (Å²) in [6.45, 7) is 1.35. The molecule has 2 rings (SSSR count). The fourth-order valence-electron chi connectivity index (χ4n) is 1.78. The summed E-state index contributed by atoms with van der Waals surface area (Å²) >= 11 is 2.33. The summed E-state index contributed by atoms with van der Waals surface area (Å²) in [5, 5.41) is 13.3. The summed E-state index contributed by atoms with van der Waals surface area (Å²) < 4.78 is 1.25. The van der Waals surface area contributed by atoms with Gasteiger partial charge in [0.15, 0.2) is 0 Å². The molecule has 0 radical (unpaired) electrons. The smallest absolute Gasteiger partial charge is 0.0914 e. The summed E-state index contributed by atoms with van der Waals surface area (Å²) in [5.41, 5.74) is 2.21. The maximum Gasteiger partial charge on any atom is 0.0914 e. The van der Waals surface area contributed by atoms with Crippen LogP contribution in [0, 0.1) is 3.57 Å². The topological polar surface area (TPSA) is 32.3 Å². The van der Waals surface area contributed by atoms with Crippen LogP contribution in [0.25, 0.3) is 0 Å². The molecule has 0 bridgehead atoms. The highest BCUT2D eigenvalue weighted by Crippen LogP contribution is 2.13. The zero-order valence-corrected chi connectivity index (χ0v) is 12.2. The van der Waals surface area contributed by atoms with Crippen molar-refractivity contribution in [1.29, 1.82) is 0 Å². The number of halogens is 1. The van der Waals surface area contributed by atoms with E-state index in [1.807, 2.05) is 42.5 Å². The average Bonchev–Trinajstić information content (AvgIpc) is 2.42. The molecule has 3 heteroatoms. The van der Waals surface area contributed by atoms with Crippen LogP contribution in [-0.2, 0) is 6.54 Å². The van der Waals surface area contributed by atoms with E-state index in [0.29, 0.717) is 6.54 Å². The minimum absolute atomic E-state index is 0.451. The summed E-state index contributed by atoms with van der Waals surface area (Å²) in [6, 6.07) is 18.0. The lowest BCUT2D eigenvalue weighted by Crippen LogP contribution is -2.21. The van der Waals surface area contributed by atoms with Gasteiger partial charge in [0, 0.05) is 16.7 Å². The summed E-state index contributed by atoms with van der Waals surface area (Å²) in [7, 11) is 0. The Kier molecular flexibility index (Phi) is 5.16. The SMILES string of the molecule is OC(CNCc1ccccc1I)c1ccccc1. The fraction of sp³-hybridized carbons (Fsp3) is 0.200. The third-order valence-corrected chi connectivity index (χ3v) is 3.85. The van der Waals surface area contributed by atoms with E-state index in [-0.39, 0.29) is 0 Å². The maximum absolute atomic E-state index is 10.0. The molecular weight excluding hydrogens is 337 g/mol. The second-order valence-electron chi connectivity index (χ2n) is 4.15. The zero-order valence-electron chi connectivity index (χ0n) is 10.0. The number of aliphatic hydroxyl groups excluding tert-OH is 1. The van der Waals surface area contributed by atoms with Gasteiger partial charge in [0.2, 0.25) is 0 Å². The van der Waals surface area contributed by atoms with Crippen molar-refractivity contribution in [3.8, 4) is 0 Å². The standard InChI is InChI=1S/C15H16INO/c16-14-9-5-4-8-13(14)10-17-11-15(18)12-6-2-1-3-7-12/h1-9,15,17-18H,10-11H2. The Morgan fingerprint density at radius 1 is 1.00 bits per heavy atom. The van der Waals surface area contributed by atoms with Crippen LogP contribution in [0.5, 0.6) is 0 Å². The first-order chi connectivity index (χ1) is 8.77. The predicted octanol–water partition coefficient (Wildman–Crippen LogP) is 3.11. The summed E-state index contributed by atoms with van der Waals surface area (Å²) in [6.07, 6.45) is -0.451. The Bertz CT molecular complexity index is 487. The molecule has 1 unspecified atom stereocenters. The number of hydrogen-bond acceptors (Lipinski definition) is 2. The van der Waals surface area contributed by atoms with Crippen LogP contribution in [-0.4, -0.2) is 11.7 Å². The third kappa shape index (κ3) is 3.80. The molecule has 0 amide bonds. The Balaban J connectivity index is 1.84. The molecule has 0 aliphatic rings.